The third-order valence-corrected chi connectivity index (χ3v) is 12.0. The number of hydrogen-bond donors (Lipinski definition) is 0. The van der Waals surface area contributed by atoms with E-state index in [9.17, 15) is 19.2 Å². The Hall–Kier alpha value is -4.82. The third kappa shape index (κ3) is 8.91. The zero-order chi connectivity index (χ0) is 39.8. The molecule has 0 aliphatic carbocycles. The molecule has 12 nitrogen and oxygen atoms in total. The van der Waals surface area contributed by atoms with Gasteiger partial charge in [0.1, 0.15) is 32.6 Å². The molecule has 0 N–H and O–H groups in total. The van der Waals surface area contributed by atoms with Crippen LogP contribution >= 0.6 is 22.7 Å². The van der Waals surface area contributed by atoms with Gasteiger partial charge in [0, 0.05) is 72.5 Å². The third-order valence-electron chi connectivity index (χ3n) is 10.1. The summed E-state index contributed by atoms with van der Waals surface area (Å²) >= 11 is 2.83. The fraction of sp³-hybridized carbons (Fsp3) is 0.476. The van der Waals surface area contributed by atoms with Crippen molar-refractivity contribution in [3.63, 3.8) is 0 Å². The van der Waals surface area contributed by atoms with Crippen LogP contribution in [-0.2, 0) is 9.47 Å². The molecule has 3 fully saturated rings. The van der Waals surface area contributed by atoms with Crippen LogP contribution in [0.3, 0.4) is 0 Å². The van der Waals surface area contributed by atoms with E-state index in [2.05, 4.69) is 19.8 Å². The molecule has 2 aromatic carbocycles. The van der Waals surface area contributed by atoms with Gasteiger partial charge in [0.05, 0.1) is 12.1 Å². The first-order chi connectivity index (χ1) is 26.6. The average molecular weight is 799 g/mol. The molecule has 4 aromatic rings. The highest BCUT2D eigenvalue weighted by molar-refractivity contribution is 7.10. The van der Waals surface area contributed by atoms with E-state index in [4.69, 9.17) is 9.47 Å². The molecule has 296 valence electrons. The van der Waals surface area contributed by atoms with Crippen molar-refractivity contribution in [2.24, 2.45) is 0 Å². The molecule has 2 aromatic heterocycles. The summed E-state index contributed by atoms with van der Waals surface area (Å²) < 4.78 is 11.2. The van der Waals surface area contributed by atoms with Crippen molar-refractivity contribution in [3.05, 3.63) is 91.8 Å². The lowest BCUT2D eigenvalue weighted by Gasteiger charge is -2.37. The van der Waals surface area contributed by atoms with Crippen LogP contribution in [0.25, 0.3) is 0 Å². The van der Waals surface area contributed by atoms with Crippen molar-refractivity contribution in [3.8, 4) is 0 Å². The smallest absolute Gasteiger partial charge is 0.410 e. The number of likely N-dealkylation sites (tertiary alicyclic amines) is 2. The first kappa shape index (κ1) is 39.4. The van der Waals surface area contributed by atoms with Gasteiger partial charge >= 0.3 is 12.2 Å². The number of piperazine rings is 1. The number of carbonyl (C=O) groups is 4. The van der Waals surface area contributed by atoms with E-state index >= 15 is 0 Å². The highest BCUT2D eigenvalue weighted by Gasteiger charge is 2.37. The molecule has 0 bridgehead atoms. The Labute approximate surface area is 336 Å². The van der Waals surface area contributed by atoms with E-state index < -0.39 is 11.2 Å². The van der Waals surface area contributed by atoms with Crippen molar-refractivity contribution in [2.75, 3.05) is 49.1 Å². The van der Waals surface area contributed by atoms with Crippen molar-refractivity contribution < 1.29 is 28.7 Å². The first-order valence-electron chi connectivity index (χ1n) is 19.3. The van der Waals surface area contributed by atoms with Gasteiger partial charge in [-0.1, -0.05) is 0 Å². The quantitative estimate of drug-likeness (QED) is 0.160. The summed E-state index contributed by atoms with van der Waals surface area (Å²) in [7, 11) is 0. The van der Waals surface area contributed by atoms with Crippen LogP contribution in [0.2, 0.25) is 0 Å². The van der Waals surface area contributed by atoms with Crippen molar-refractivity contribution in [1.82, 2.24) is 19.8 Å². The molecular formula is C42H50N6O6S2. The van der Waals surface area contributed by atoms with Gasteiger partial charge in [-0.25, -0.2) is 19.6 Å². The maximum atomic E-state index is 13.4. The van der Waals surface area contributed by atoms with Crippen molar-refractivity contribution >= 4 is 57.8 Å². The Morgan fingerprint density at radius 1 is 0.571 bits per heavy atom. The SMILES string of the molecule is CC(C)(C)OC(=O)N1CCCC1c1nc(C(=O)c2ccc(N3CCN(c4ccc(C(=O)c5csc([C@@H]6CCCN6C(=O)OC(C)(C)C)n5)cc4)CC3)cc2)cs1. The Kier molecular flexibility index (Phi) is 11.2. The molecule has 2 atom stereocenters. The lowest BCUT2D eigenvalue weighted by atomic mass is 10.1. The summed E-state index contributed by atoms with van der Waals surface area (Å²) in [5, 5.41) is 5.09. The van der Waals surface area contributed by atoms with E-state index in [-0.39, 0.29) is 35.8 Å². The number of aromatic nitrogens is 2. The molecule has 5 heterocycles. The van der Waals surface area contributed by atoms with Gasteiger partial charge in [0.25, 0.3) is 0 Å². The number of benzene rings is 2. The number of ketones is 2. The summed E-state index contributed by atoms with van der Waals surface area (Å²) in [6, 6.07) is 15.0. The Balaban J connectivity index is 0.913. The monoisotopic (exact) mass is 798 g/mol. The van der Waals surface area contributed by atoms with Crippen LogP contribution in [0.4, 0.5) is 21.0 Å². The topological polar surface area (TPSA) is 125 Å². The molecule has 56 heavy (non-hydrogen) atoms. The van der Waals surface area contributed by atoms with Gasteiger partial charge in [-0.2, -0.15) is 0 Å². The Bertz CT molecular complexity index is 1910. The van der Waals surface area contributed by atoms with Gasteiger partial charge in [-0.05, 0) is 116 Å². The summed E-state index contributed by atoms with van der Waals surface area (Å²) in [5.74, 6) is -0.275. The molecule has 0 radical (unpaired) electrons. The van der Waals surface area contributed by atoms with Gasteiger partial charge in [-0.3, -0.25) is 19.4 Å². The Morgan fingerprint density at radius 2 is 0.929 bits per heavy atom. The van der Waals surface area contributed by atoms with Crippen LogP contribution in [0.5, 0.6) is 0 Å². The van der Waals surface area contributed by atoms with Gasteiger partial charge in [0.15, 0.2) is 0 Å². The predicted octanol–water partition coefficient (Wildman–Crippen LogP) is 8.53. The number of carbonyl (C=O) groups excluding carboxylic acids is 4. The second-order valence-corrected chi connectivity index (χ2v) is 18.3. The minimum Gasteiger partial charge on any atom is -0.444 e. The predicted molar refractivity (Wildman–Crippen MR) is 218 cm³/mol. The lowest BCUT2D eigenvalue weighted by molar-refractivity contribution is 0.0213. The fourth-order valence-electron chi connectivity index (χ4n) is 7.38. The molecule has 1 unspecified atom stereocenters. The summed E-state index contributed by atoms with van der Waals surface area (Å²) in [5.41, 5.74) is 2.87. The van der Waals surface area contributed by atoms with Crippen LogP contribution in [-0.4, -0.2) is 94.0 Å². The molecule has 2 amide bonds. The van der Waals surface area contributed by atoms with E-state index in [1.165, 1.54) is 22.7 Å². The average Bonchev–Trinajstić information content (AvgIpc) is 4.00. The zero-order valence-corrected chi connectivity index (χ0v) is 34.6. The van der Waals surface area contributed by atoms with E-state index in [0.29, 0.717) is 35.6 Å². The number of anilines is 2. The molecule has 3 saturated heterocycles. The number of thiazole rings is 2. The summed E-state index contributed by atoms with van der Waals surface area (Å²) in [4.78, 5) is 69.9. The van der Waals surface area contributed by atoms with E-state index in [0.717, 1.165) is 73.3 Å². The largest absolute Gasteiger partial charge is 0.444 e. The van der Waals surface area contributed by atoms with E-state index in [1.54, 1.807) is 20.6 Å². The minimum absolute atomic E-state index is 0.138. The molecular weight excluding hydrogens is 749 g/mol. The summed E-state index contributed by atoms with van der Waals surface area (Å²) in [6.07, 6.45) is 2.63. The second-order valence-electron chi connectivity index (χ2n) is 16.5. The van der Waals surface area contributed by atoms with Crippen LogP contribution in [0, 0.1) is 0 Å². The first-order valence-corrected chi connectivity index (χ1v) is 21.1. The number of hydrogen-bond acceptors (Lipinski definition) is 12. The molecule has 3 aliphatic rings. The lowest BCUT2D eigenvalue weighted by Crippen LogP contribution is -2.46. The van der Waals surface area contributed by atoms with E-state index in [1.807, 2.05) is 90.1 Å². The van der Waals surface area contributed by atoms with Crippen molar-refractivity contribution in [2.45, 2.75) is 90.5 Å². The van der Waals surface area contributed by atoms with Gasteiger partial charge < -0.3 is 19.3 Å². The maximum Gasteiger partial charge on any atom is 0.410 e. The zero-order valence-electron chi connectivity index (χ0n) is 32.9. The highest BCUT2D eigenvalue weighted by atomic mass is 32.1. The molecule has 7 rings (SSSR count). The standard InChI is InChI=1S/C42H50N6O6S2/c1-41(2,3)53-39(51)47-19-7-9-33(47)37-43-31(25-55-37)35(49)27-11-15-29(16-12-27)45-21-23-46(24-22-45)30-17-13-28(14-18-30)36(50)32-26-56-38(44-32)34-10-8-20-48(34)40(52)54-42(4,5)6/h11-18,25-26,33-34H,7-10,19-24H2,1-6H3/t33-,34?/m0/s1. The molecule has 3 aliphatic heterocycles. The van der Waals surface area contributed by atoms with Gasteiger partial charge in [0.2, 0.25) is 11.6 Å². The van der Waals surface area contributed by atoms with Crippen molar-refractivity contribution in [1.29, 1.82) is 0 Å². The van der Waals surface area contributed by atoms with Crippen LogP contribution < -0.4 is 9.80 Å². The summed E-state index contributed by atoms with van der Waals surface area (Å²) in [6.45, 7) is 15.6. The normalized spacial score (nSPS) is 19.0. The number of amides is 2. The molecule has 0 spiro atoms. The van der Waals surface area contributed by atoms with Crippen LogP contribution in [0.15, 0.2) is 59.3 Å². The van der Waals surface area contributed by atoms with Gasteiger partial charge in [-0.15, -0.1) is 22.7 Å². The number of ether oxygens (including phenoxy) is 2. The second kappa shape index (κ2) is 16.0. The number of nitrogens with zero attached hydrogens (tertiary/aromatic N) is 6. The number of rotatable bonds is 8. The fourth-order valence-corrected chi connectivity index (χ4v) is 9.27. The Morgan fingerprint density at radius 3 is 1.27 bits per heavy atom. The maximum absolute atomic E-state index is 13.4. The minimum atomic E-state index is -0.578. The van der Waals surface area contributed by atoms with Crippen LogP contribution in [0.1, 0.15) is 121 Å². The highest BCUT2D eigenvalue weighted by Crippen LogP contribution is 2.37. The molecule has 14 heteroatoms. The molecule has 0 saturated carbocycles.